The third-order valence-corrected chi connectivity index (χ3v) is 3.27. The van der Waals surface area contributed by atoms with Gasteiger partial charge in [-0.3, -0.25) is 4.79 Å². The Kier molecular flexibility index (Phi) is 3.97. The summed E-state index contributed by atoms with van der Waals surface area (Å²) in [7, 11) is 0. The molecule has 0 unspecified atom stereocenters. The van der Waals surface area contributed by atoms with E-state index in [1.807, 2.05) is 49.4 Å². The molecule has 0 amide bonds. The number of hydrogen-bond acceptors (Lipinski definition) is 3. The smallest absolute Gasteiger partial charge is 0.219 e. The number of carbonyl (C=O) groups is 1. The van der Waals surface area contributed by atoms with Crippen LogP contribution in [0.15, 0.2) is 72.9 Å². The van der Waals surface area contributed by atoms with Gasteiger partial charge in [0.1, 0.15) is 5.75 Å². The number of nitrogens with zero attached hydrogens (tertiary/aromatic N) is 1. The molecule has 0 N–H and O–H groups in total. The molecule has 0 fully saturated rings. The van der Waals surface area contributed by atoms with Crippen molar-refractivity contribution >= 4 is 5.78 Å². The zero-order chi connectivity index (χ0) is 15.4. The van der Waals surface area contributed by atoms with E-state index >= 15 is 0 Å². The van der Waals surface area contributed by atoms with Crippen LogP contribution in [-0.4, -0.2) is 10.8 Å². The summed E-state index contributed by atoms with van der Waals surface area (Å²) in [6, 6.07) is 20.2. The number of benzene rings is 2. The number of rotatable bonds is 4. The summed E-state index contributed by atoms with van der Waals surface area (Å²) in [5, 5.41) is 0. The highest BCUT2D eigenvalue weighted by molar-refractivity contribution is 6.10. The van der Waals surface area contributed by atoms with Crippen molar-refractivity contribution < 1.29 is 9.53 Å². The highest BCUT2D eigenvalue weighted by Gasteiger charge is 2.15. The first-order valence-electron chi connectivity index (χ1n) is 7.03. The van der Waals surface area contributed by atoms with E-state index in [0.717, 1.165) is 5.56 Å². The minimum Gasteiger partial charge on any atom is -0.438 e. The number of carbonyl (C=O) groups excluding carboxylic acids is 1. The van der Waals surface area contributed by atoms with E-state index in [4.69, 9.17) is 4.74 Å². The van der Waals surface area contributed by atoms with E-state index in [1.54, 1.807) is 30.5 Å². The van der Waals surface area contributed by atoms with Crippen molar-refractivity contribution in [2.45, 2.75) is 6.92 Å². The lowest BCUT2D eigenvalue weighted by Gasteiger charge is -2.11. The van der Waals surface area contributed by atoms with Crippen molar-refractivity contribution in [1.82, 2.24) is 4.98 Å². The second kappa shape index (κ2) is 6.22. The first kappa shape index (κ1) is 14.0. The van der Waals surface area contributed by atoms with E-state index in [-0.39, 0.29) is 5.78 Å². The Morgan fingerprint density at radius 3 is 2.45 bits per heavy atom. The lowest BCUT2D eigenvalue weighted by Crippen LogP contribution is -2.04. The van der Waals surface area contributed by atoms with Crippen LogP contribution in [0, 0.1) is 6.92 Å². The average molecular weight is 289 g/mol. The lowest BCUT2D eigenvalue weighted by molar-refractivity contribution is 0.103. The fourth-order valence-corrected chi connectivity index (χ4v) is 2.17. The van der Waals surface area contributed by atoms with E-state index in [9.17, 15) is 4.79 Å². The topological polar surface area (TPSA) is 39.2 Å². The van der Waals surface area contributed by atoms with Gasteiger partial charge in [-0.15, -0.1) is 0 Å². The normalized spacial score (nSPS) is 10.2. The van der Waals surface area contributed by atoms with E-state index < -0.39 is 0 Å². The van der Waals surface area contributed by atoms with E-state index in [0.29, 0.717) is 22.8 Å². The monoisotopic (exact) mass is 289 g/mol. The van der Waals surface area contributed by atoms with Crippen molar-refractivity contribution in [3.05, 3.63) is 89.6 Å². The summed E-state index contributed by atoms with van der Waals surface area (Å²) in [6.07, 6.45) is 1.66. The Balaban J connectivity index is 1.99. The van der Waals surface area contributed by atoms with Crippen LogP contribution >= 0.6 is 0 Å². The van der Waals surface area contributed by atoms with E-state index in [2.05, 4.69) is 4.98 Å². The SMILES string of the molecule is Cc1ccc(C(=O)c2ccccc2)c(Oc2ccccn2)c1. The first-order valence-corrected chi connectivity index (χ1v) is 7.03. The zero-order valence-electron chi connectivity index (χ0n) is 12.2. The number of aryl methyl sites for hydroxylation is 1. The number of ether oxygens (including phenoxy) is 1. The second-order valence-corrected chi connectivity index (χ2v) is 4.96. The summed E-state index contributed by atoms with van der Waals surface area (Å²) in [4.78, 5) is 16.8. The van der Waals surface area contributed by atoms with Gasteiger partial charge in [-0.1, -0.05) is 42.5 Å². The van der Waals surface area contributed by atoms with Crippen molar-refractivity contribution in [2.24, 2.45) is 0 Å². The van der Waals surface area contributed by atoms with Crippen LogP contribution in [0.3, 0.4) is 0 Å². The molecule has 0 radical (unpaired) electrons. The molecule has 0 aliphatic heterocycles. The highest BCUT2D eigenvalue weighted by atomic mass is 16.5. The van der Waals surface area contributed by atoms with Crippen molar-refractivity contribution in [1.29, 1.82) is 0 Å². The Morgan fingerprint density at radius 2 is 1.73 bits per heavy atom. The molecule has 0 aliphatic carbocycles. The second-order valence-electron chi connectivity index (χ2n) is 4.96. The summed E-state index contributed by atoms with van der Waals surface area (Å²) >= 11 is 0. The van der Waals surface area contributed by atoms with Gasteiger partial charge < -0.3 is 4.74 Å². The number of pyridine rings is 1. The fourth-order valence-electron chi connectivity index (χ4n) is 2.17. The predicted octanol–water partition coefficient (Wildman–Crippen LogP) is 4.41. The fraction of sp³-hybridized carbons (Fsp3) is 0.0526. The first-order chi connectivity index (χ1) is 10.7. The molecule has 1 heterocycles. The van der Waals surface area contributed by atoms with Gasteiger partial charge >= 0.3 is 0 Å². The zero-order valence-corrected chi connectivity index (χ0v) is 12.2. The molecule has 3 nitrogen and oxygen atoms in total. The van der Waals surface area contributed by atoms with Crippen LogP contribution in [0.4, 0.5) is 0 Å². The molecular formula is C19H15NO2. The van der Waals surface area contributed by atoms with Crippen LogP contribution in [0.2, 0.25) is 0 Å². The molecule has 0 atom stereocenters. The van der Waals surface area contributed by atoms with Crippen molar-refractivity contribution in [3.8, 4) is 11.6 Å². The maximum absolute atomic E-state index is 12.7. The van der Waals surface area contributed by atoms with Gasteiger partial charge in [0, 0.05) is 17.8 Å². The minimum absolute atomic E-state index is 0.0634. The molecule has 3 aromatic rings. The average Bonchev–Trinajstić information content (AvgIpc) is 2.56. The highest BCUT2D eigenvalue weighted by Crippen LogP contribution is 2.27. The predicted molar refractivity (Wildman–Crippen MR) is 85.4 cm³/mol. The molecule has 3 rings (SSSR count). The van der Waals surface area contributed by atoms with Crippen LogP contribution in [0.25, 0.3) is 0 Å². The molecule has 0 saturated heterocycles. The van der Waals surface area contributed by atoms with Gasteiger partial charge in [0.15, 0.2) is 5.78 Å². The third kappa shape index (κ3) is 3.04. The Labute approximate surface area is 129 Å². The van der Waals surface area contributed by atoms with Gasteiger partial charge in [-0.25, -0.2) is 4.98 Å². The maximum Gasteiger partial charge on any atom is 0.219 e. The number of ketones is 1. The van der Waals surface area contributed by atoms with Gasteiger partial charge in [-0.05, 0) is 30.7 Å². The van der Waals surface area contributed by atoms with Gasteiger partial charge in [0.05, 0.1) is 5.56 Å². The number of hydrogen-bond donors (Lipinski definition) is 0. The Bertz CT molecular complexity index is 783. The molecule has 0 bridgehead atoms. The molecule has 1 aromatic heterocycles. The molecule has 0 aliphatic rings. The molecule has 0 saturated carbocycles. The molecule has 108 valence electrons. The standard InChI is InChI=1S/C19H15NO2/c1-14-10-11-16(19(21)15-7-3-2-4-8-15)17(13-14)22-18-9-5-6-12-20-18/h2-13H,1H3. The summed E-state index contributed by atoms with van der Waals surface area (Å²) in [5.74, 6) is 0.925. The van der Waals surface area contributed by atoms with Crippen molar-refractivity contribution in [3.63, 3.8) is 0 Å². The third-order valence-electron chi connectivity index (χ3n) is 3.27. The minimum atomic E-state index is -0.0634. The quantitative estimate of drug-likeness (QED) is 0.668. The molecule has 2 aromatic carbocycles. The molecular weight excluding hydrogens is 274 g/mol. The Morgan fingerprint density at radius 1 is 0.955 bits per heavy atom. The Hall–Kier alpha value is -2.94. The van der Waals surface area contributed by atoms with Crippen LogP contribution in [0.1, 0.15) is 21.5 Å². The molecule has 3 heteroatoms. The van der Waals surface area contributed by atoms with Crippen molar-refractivity contribution in [2.75, 3.05) is 0 Å². The van der Waals surface area contributed by atoms with Crippen LogP contribution in [-0.2, 0) is 0 Å². The molecule has 0 spiro atoms. The van der Waals surface area contributed by atoms with E-state index in [1.165, 1.54) is 0 Å². The van der Waals surface area contributed by atoms with Crippen LogP contribution in [0.5, 0.6) is 11.6 Å². The summed E-state index contributed by atoms with van der Waals surface area (Å²) in [5.41, 5.74) is 2.19. The van der Waals surface area contributed by atoms with Crippen LogP contribution < -0.4 is 4.74 Å². The number of aromatic nitrogens is 1. The molecule has 22 heavy (non-hydrogen) atoms. The maximum atomic E-state index is 12.7. The van der Waals surface area contributed by atoms with Gasteiger partial charge in [0.2, 0.25) is 5.88 Å². The summed E-state index contributed by atoms with van der Waals surface area (Å²) in [6.45, 7) is 1.96. The van der Waals surface area contributed by atoms with Gasteiger partial charge in [-0.2, -0.15) is 0 Å². The lowest BCUT2D eigenvalue weighted by atomic mass is 10.0. The largest absolute Gasteiger partial charge is 0.438 e. The summed E-state index contributed by atoms with van der Waals surface area (Å²) < 4.78 is 5.80. The van der Waals surface area contributed by atoms with Gasteiger partial charge in [0.25, 0.3) is 0 Å².